The van der Waals surface area contributed by atoms with Gasteiger partial charge in [-0.3, -0.25) is 14.7 Å². The van der Waals surface area contributed by atoms with E-state index in [9.17, 15) is 4.79 Å². The molecule has 3 rings (SSSR count). The maximum Gasteiger partial charge on any atom is 0.227 e. The fourth-order valence-corrected chi connectivity index (χ4v) is 3.43. The van der Waals surface area contributed by atoms with Gasteiger partial charge in [0.25, 0.3) is 0 Å². The maximum atomic E-state index is 12.6. The monoisotopic (exact) mass is 351 g/mol. The number of hydrogen-bond acceptors (Lipinski definition) is 3. The molecule has 0 unspecified atom stereocenters. The minimum atomic E-state index is 0.235. The molecule has 0 saturated carbocycles. The van der Waals surface area contributed by atoms with Gasteiger partial charge in [0, 0.05) is 38.9 Å². The smallest absolute Gasteiger partial charge is 0.227 e. The molecule has 1 aliphatic heterocycles. The fraction of sp³-hybridized carbons (Fsp3) is 0.455. The first kappa shape index (κ1) is 18.6. The van der Waals surface area contributed by atoms with E-state index in [1.165, 1.54) is 5.56 Å². The van der Waals surface area contributed by atoms with E-state index in [2.05, 4.69) is 54.1 Å². The highest BCUT2D eigenvalue weighted by atomic mass is 16.2. The summed E-state index contributed by atoms with van der Waals surface area (Å²) in [5.74, 6) is 0.893. The molecular formula is C22H29N3O. The zero-order chi connectivity index (χ0) is 18.4. The molecule has 0 atom stereocenters. The lowest BCUT2D eigenvalue weighted by atomic mass is 10.0. The molecule has 1 aliphatic rings. The number of amides is 1. The molecule has 0 bridgehead atoms. The van der Waals surface area contributed by atoms with Gasteiger partial charge in [0.2, 0.25) is 5.91 Å². The molecule has 1 amide bonds. The third kappa shape index (κ3) is 5.40. The van der Waals surface area contributed by atoms with Crippen LogP contribution in [0.2, 0.25) is 0 Å². The van der Waals surface area contributed by atoms with Gasteiger partial charge in [-0.25, -0.2) is 0 Å². The average molecular weight is 351 g/mol. The summed E-state index contributed by atoms with van der Waals surface area (Å²) < 4.78 is 0. The Morgan fingerprint density at radius 1 is 1.00 bits per heavy atom. The Balaban J connectivity index is 1.46. The van der Waals surface area contributed by atoms with Crippen LogP contribution in [0.25, 0.3) is 0 Å². The number of nitrogens with zero attached hydrogens (tertiary/aromatic N) is 3. The van der Waals surface area contributed by atoms with Crippen LogP contribution in [0.1, 0.15) is 30.7 Å². The van der Waals surface area contributed by atoms with Crippen LogP contribution in [0.3, 0.4) is 0 Å². The van der Waals surface area contributed by atoms with Crippen LogP contribution in [0.4, 0.5) is 0 Å². The van der Waals surface area contributed by atoms with Crippen molar-refractivity contribution < 1.29 is 4.79 Å². The van der Waals surface area contributed by atoms with E-state index in [0.717, 1.165) is 50.4 Å². The predicted molar refractivity (Wildman–Crippen MR) is 105 cm³/mol. The van der Waals surface area contributed by atoms with Crippen molar-refractivity contribution in [3.05, 3.63) is 65.5 Å². The van der Waals surface area contributed by atoms with Gasteiger partial charge in [-0.2, -0.15) is 0 Å². The summed E-state index contributed by atoms with van der Waals surface area (Å²) in [6.07, 6.45) is 3.43. The molecule has 0 spiro atoms. The molecule has 1 aromatic carbocycles. The van der Waals surface area contributed by atoms with Gasteiger partial charge in [-0.1, -0.05) is 44.2 Å². The Kier molecular flexibility index (Phi) is 6.40. The van der Waals surface area contributed by atoms with Crippen LogP contribution in [0.15, 0.2) is 48.7 Å². The molecule has 2 aromatic rings. The second-order valence-electron chi connectivity index (χ2n) is 7.57. The van der Waals surface area contributed by atoms with Gasteiger partial charge >= 0.3 is 0 Å². The van der Waals surface area contributed by atoms with Crippen molar-refractivity contribution in [1.29, 1.82) is 0 Å². The molecule has 0 N–H and O–H groups in total. The highest BCUT2D eigenvalue weighted by Crippen LogP contribution is 2.12. The summed E-state index contributed by atoms with van der Waals surface area (Å²) in [6, 6.07) is 14.5. The molecule has 1 aromatic heterocycles. The predicted octanol–water partition coefficient (Wildman–Crippen LogP) is 3.17. The summed E-state index contributed by atoms with van der Waals surface area (Å²) in [4.78, 5) is 21.3. The Morgan fingerprint density at radius 3 is 2.31 bits per heavy atom. The van der Waals surface area contributed by atoms with Crippen LogP contribution in [0.5, 0.6) is 0 Å². The van der Waals surface area contributed by atoms with Crippen LogP contribution in [0, 0.1) is 5.92 Å². The number of benzene rings is 1. The third-order valence-corrected chi connectivity index (χ3v) is 4.86. The first-order valence-corrected chi connectivity index (χ1v) is 9.58. The lowest BCUT2D eigenvalue weighted by molar-refractivity contribution is -0.132. The molecule has 138 valence electrons. The average Bonchev–Trinajstić information content (AvgIpc) is 2.64. The molecule has 0 radical (unpaired) electrons. The van der Waals surface area contributed by atoms with E-state index in [0.29, 0.717) is 12.3 Å². The van der Waals surface area contributed by atoms with Crippen molar-refractivity contribution in [1.82, 2.24) is 14.8 Å². The highest BCUT2D eigenvalue weighted by molar-refractivity contribution is 5.78. The Hall–Kier alpha value is -2.20. The SMILES string of the molecule is CC(C)Cc1ccc(CC(=O)N2CCN(Cc3ccccn3)CC2)cc1. The molecule has 1 saturated heterocycles. The highest BCUT2D eigenvalue weighted by Gasteiger charge is 2.21. The normalized spacial score (nSPS) is 15.4. The molecule has 1 fully saturated rings. The fourth-order valence-electron chi connectivity index (χ4n) is 3.43. The molecule has 26 heavy (non-hydrogen) atoms. The van der Waals surface area contributed by atoms with E-state index >= 15 is 0 Å². The minimum absolute atomic E-state index is 0.235. The number of carbonyl (C=O) groups is 1. The second kappa shape index (κ2) is 8.95. The van der Waals surface area contributed by atoms with Crippen molar-refractivity contribution in [2.75, 3.05) is 26.2 Å². The number of carbonyl (C=O) groups excluding carboxylic acids is 1. The van der Waals surface area contributed by atoms with Crippen LogP contribution in [-0.2, 0) is 24.2 Å². The molecule has 4 heteroatoms. The van der Waals surface area contributed by atoms with Crippen LogP contribution in [-0.4, -0.2) is 46.9 Å². The van der Waals surface area contributed by atoms with Crippen molar-refractivity contribution in [3.8, 4) is 0 Å². The summed E-state index contributed by atoms with van der Waals surface area (Å²) in [5.41, 5.74) is 3.55. The van der Waals surface area contributed by atoms with E-state index in [1.807, 2.05) is 23.2 Å². The second-order valence-corrected chi connectivity index (χ2v) is 7.57. The van der Waals surface area contributed by atoms with Gasteiger partial charge in [0.15, 0.2) is 0 Å². The van der Waals surface area contributed by atoms with Crippen LogP contribution < -0.4 is 0 Å². The van der Waals surface area contributed by atoms with Gasteiger partial charge in [-0.05, 0) is 35.6 Å². The summed E-state index contributed by atoms with van der Waals surface area (Å²) in [5, 5.41) is 0. The van der Waals surface area contributed by atoms with Gasteiger partial charge < -0.3 is 4.90 Å². The number of hydrogen-bond donors (Lipinski definition) is 0. The summed E-state index contributed by atoms with van der Waals surface area (Å²) >= 11 is 0. The van der Waals surface area contributed by atoms with E-state index in [4.69, 9.17) is 0 Å². The lowest BCUT2D eigenvalue weighted by Crippen LogP contribution is -2.48. The zero-order valence-corrected chi connectivity index (χ0v) is 15.9. The van der Waals surface area contributed by atoms with Crippen molar-refractivity contribution in [2.24, 2.45) is 5.92 Å². The van der Waals surface area contributed by atoms with Gasteiger partial charge in [-0.15, -0.1) is 0 Å². The van der Waals surface area contributed by atoms with Crippen molar-refractivity contribution >= 4 is 5.91 Å². The largest absolute Gasteiger partial charge is 0.340 e. The number of aromatic nitrogens is 1. The number of pyridine rings is 1. The Bertz CT molecular complexity index is 689. The first-order valence-electron chi connectivity index (χ1n) is 9.58. The lowest BCUT2D eigenvalue weighted by Gasteiger charge is -2.34. The van der Waals surface area contributed by atoms with E-state index in [1.54, 1.807) is 0 Å². The number of rotatable bonds is 6. The molecular weight excluding hydrogens is 322 g/mol. The van der Waals surface area contributed by atoms with E-state index < -0.39 is 0 Å². The van der Waals surface area contributed by atoms with Crippen LogP contribution >= 0.6 is 0 Å². The minimum Gasteiger partial charge on any atom is -0.340 e. The number of piperazine rings is 1. The van der Waals surface area contributed by atoms with Gasteiger partial charge in [0.05, 0.1) is 12.1 Å². The van der Waals surface area contributed by atoms with Gasteiger partial charge in [0.1, 0.15) is 0 Å². The third-order valence-electron chi connectivity index (χ3n) is 4.86. The molecule has 0 aliphatic carbocycles. The van der Waals surface area contributed by atoms with Crippen molar-refractivity contribution in [2.45, 2.75) is 33.2 Å². The Morgan fingerprint density at radius 2 is 1.69 bits per heavy atom. The topological polar surface area (TPSA) is 36.4 Å². The molecule has 4 nitrogen and oxygen atoms in total. The summed E-state index contributed by atoms with van der Waals surface area (Å²) in [7, 11) is 0. The quantitative estimate of drug-likeness (QED) is 0.802. The Labute approximate surface area is 156 Å². The zero-order valence-electron chi connectivity index (χ0n) is 15.9. The van der Waals surface area contributed by atoms with Crippen molar-refractivity contribution in [3.63, 3.8) is 0 Å². The summed E-state index contributed by atoms with van der Waals surface area (Å²) in [6.45, 7) is 8.75. The van der Waals surface area contributed by atoms with E-state index in [-0.39, 0.29) is 5.91 Å². The standard InChI is InChI=1S/C22H29N3O/c1-18(2)15-19-6-8-20(9-7-19)16-22(26)25-13-11-24(12-14-25)17-21-5-3-4-10-23-21/h3-10,18H,11-17H2,1-2H3. The first-order chi connectivity index (χ1) is 12.6. The maximum absolute atomic E-state index is 12.6. The molecule has 2 heterocycles.